The van der Waals surface area contributed by atoms with Gasteiger partial charge in [-0.25, -0.2) is 0 Å². The third-order valence-electron chi connectivity index (χ3n) is 3.99. The van der Waals surface area contributed by atoms with Crippen molar-refractivity contribution in [2.75, 3.05) is 26.2 Å². The molecular formula is C12H23NO. The minimum atomic E-state index is 0.415. The van der Waals surface area contributed by atoms with E-state index in [-0.39, 0.29) is 0 Å². The minimum Gasteiger partial charge on any atom is -0.396 e. The van der Waals surface area contributed by atoms with Crippen molar-refractivity contribution < 1.29 is 5.11 Å². The van der Waals surface area contributed by atoms with Gasteiger partial charge in [-0.1, -0.05) is 12.8 Å². The molecule has 2 aliphatic rings. The van der Waals surface area contributed by atoms with Crippen LogP contribution in [0.3, 0.4) is 0 Å². The SMILES string of the molecule is OCC1CCCC1CN1CCCCC1. The van der Waals surface area contributed by atoms with Crippen LogP contribution in [0.5, 0.6) is 0 Å². The Labute approximate surface area is 87.3 Å². The molecule has 1 saturated carbocycles. The molecule has 0 bridgehead atoms. The maximum atomic E-state index is 9.25. The van der Waals surface area contributed by atoms with Crippen molar-refractivity contribution in [3.63, 3.8) is 0 Å². The van der Waals surface area contributed by atoms with Crippen LogP contribution in [0, 0.1) is 11.8 Å². The van der Waals surface area contributed by atoms with Gasteiger partial charge in [-0.05, 0) is 50.6 Å². The zero-order valence-electron chi connectivity index (χ0n) is 9.12. The summed E-state index contributed by atoms with van der Waals surface area (Å²) in [5.41, 5.74) is 0. The second kappa shape index (κ2) is 5.13. The molecule has 82 valence electrons. The summed E-state index contributed by atoms with van der Waals surface area (Å²) in [4.78, 5) is 2.61. The molecule has 0 aromatic heterocycles. The lowest BCUT2D eigenvalue weighted by molar-refractivity contribution is 0.140. The van der Waals surface area contributed by atoms with Gasteiger partial charge < -0.3 is 10.0 Å². The Morgan fingerprint density at radius 2 is 1.64 bits per heavy atom. The number of piperidine rings is 1. The predicted octanol–water partition coefficient (Wildman–Crippen LogP) is 1.88. The van der Waals surface area contributed by atoms with Crippen molar-refractivity contribution in [1.29, 1.82) is 0 Å². The molecule has 0 aromatic rings. The topological polar surface area (TPSA) is 23.5 Å². The number of hydrogen-bond acceptors (Lipinski definition) is 2. The van der Waals surface area contributed by atoms with Crippen LogP contribution >= 0.6 is 0 Å². The first kappa shape index (κ1) is 10.4. The molecule has 14 heavy (non-hydrogen) atoms. The first-order valence-corrected chi connectivity index (χ1v) is 6.23. The van der Waals surface area contributed by atoms with Crippen molar-refractivity contribution in [2.24, 2.45) is 11.8 Å². The van der Waals surface area contributed by atoms with Crippen LogP contribution in [0.4, 0.5) is 0 Å². The van der Waals surface area contributed by atoms with E-state index in [1.54, 1.807) is 0 Å². The number of hydrogen-bond donors (Lipinski definition) is 1. The van der Waals surface area contributed by atoms with Crippen LogP contribution in [0.15, 0.2) is 0 Å². The number of aliphatic hydroxyl groups excluding tert-OH is 1. The Morgan fingerprint density at radius 1 is 0.929 bits per heavy atom. The average molecular weight is 197 g/mol. The highest BCUT2D eigenvalue weighted by Crippen LogP contribution is 2.32. The summed E-state index contributed by atoms with van der Waals surface area (Å²) in [6, 6.07) is 0. The molecule has 2 rings (SSSR count). The molecule has 1 aliphatic carbocycles. The molecule has 1 aliphatic heterocycles. The second-order valence-electron chi connectivity index (χ2n) is 4.99. The highest BCUT2D eigenvalue weighted by atomic mass is 16.3. The van der Waals surface area contributed by atoms with Crippen LogP contribution in [0.1, 0.15) is 38.5 Å². The fourth-order valence-electron chi connectivity index (χ4n) is 3.07. The van der Waals surface area contributed by atoms with Gasteiger partial charge in [0.1, 0.15) is 0 Å². The smallest absolute Gasteiger partial charge is 0.0462 e. The van der Waals surface area contributed by atoms with Gasteiger partial charge in [-0.2, -0.15) is 0 Å². The fraction of sp³-hybridized carbons (Fsp3) is 1.00. The van der Waals surface area contributed by atoms with E-state index >= 15 is 0 Å². The summed E-state index contributed by atoms with van der Waals surface area (Å²) < 4.78 is 0. The Balaban J connectivity index is 1.77. The number of nitrogens with zero attached hydrogens (tertiary/aromatic N) is 1. The highest BCUT2D eigenvalue weighted by Gasteiger charge is 2.28. The van der Waals surface area contributed by atoms with Crippen LogP contribution in [0.25, 0.3) is 0 Å². The van der Waals surface area contributed by atoms with E-state index in [2.05, 4.69) is 4.90 Å². The summed E-state index contributed by atoms with van der Waals surface area (Å²) in [5.74, 6) is 1.40. The van der Waals surface area contributed by atoms with Gasteiger partial charge in [0.25, 0.3) is 0 Å². The zero-order chi connectivity index (χ0) is 9.80. The fourth-order valence-corrected chi connectivity index (χ4v) is 3.07. The van der Waals surface area contributed by atoms with Gasteiger partial charge in [0, 0.05) is 13.2 Å². The molecule has 2 nitrogen and oxygen atoms in total. The van der Waals surface area contributed by atoms with Gasteiger partial charge in [-0.3, -0.25) is 0 Å². The molecule has 1 heterocycles. The molecule has 0 radical (unpaired) electrons. The molecule has 2 heteroatoms. The average Bonchev–Trinajstić information content (AvgIpc) is 2.67. The number of aliphatic hydroxyl groups is 1. The summed E-state index contributed by atoms with van der Waals surface area (Å²) in [6.45, 7) is 4.27. The van der Waals surface area contributed by atoms with Crippen LogP contribution in [-0.2, 0) is 0 Å². The summed E-state index contributed by atoms with van der Waals surface area (Å²) in [5, 5.41) is 9.25. The quantitative estimate of drug-likeness (QED) is 0.746. The maximum Gasteiger partial charge on any atom is 0.0462 e. The molecule has 0 amide bonds. The summed E-state index contributed by atoms with van der Waals surface area (Å²) >= 11 is 0. The van der Waals surface area contributed by atoms with E-state index in [1.807, 2.05) is 0 Å². The van der Waals surface area contributed by atoms with Crippen LogP contribution in [-0.4, -0.2) is 36.2 Å². The molecule has 1 N–H and O–H groups in total. The van der Waals surface area contributed by atoms with Crippen molar-refractivity contribution in [3.8, 4) is 0 Å². The largest absolute Gasteiger partial charge is 0.396 e. The zero-order valence-corrected chi connectivity index (χ0v) is 9.12. The molecule has 1 saturated heterocycles. The Bertz CT molecular complexity index is 166. The van der Waals surface area contributed by atoms with Gasteiger partial charge in [0.15, 0.2) is 0 Å². The Morgan fingerprint density at radius 3 is 2.36 bits per heavy atom. The molecule has 2 unspecified atom stereocenters. The van der Waals surface area contributed by atoms with E-state index in [0.29, 0.717) is 12.5 Å². The van der Waals surface area contributed by atoms with Crippen LogP contribution in [0.2, 0.25) is 0 Å². The molecule has 0 spiro atoms. The van der Waals surface area contributed by atoms with E-state index in [4.69, 9.17) is 0 Å². The molecule has 2 atom stereocenters. The molecule has 0 aromatic carbocycles. The van der Waals surface area contributed by atoms with Gasteiger partial charge >= 0.3 is 0 Å². The third kappa shape index (κ3) is 2.48. The predicted molar refractivity (Wildman–Crippen MR) is 58.2 cm³/mol. The van der Waals surface area contributed by atoms with Gasteiger partial charge in [-0.15, -0.1) is 0 Å². The molecule has 2 fully saturated rings. The Kier molecular flexibility index (Phi) is 3.82. The van der Waals surface area contributed by atoms with Crippen LogP contribution < -0.4 is 0 Å². The minimum absolute atomic E-state index is 0.415. The standard InChI is InChI=1S/C12H23NO/c14-10-12-6-4-5-11(12)9-13-7-2-1-3-8-13/h11-12,14H,1-10H2. The van der Waals surface area contributed by atoms with E-state index in [9.17, 15) is 5.11 Å². The third-order valence-corrected chi connectivity index (χ3v) is 3.99. The highest BCUT2D eigenvalue weighted by molar-refractivity contribution is 4.80. The van der Waals surface area contributed by atoms with Gasteiger partial charge in [0.2, 0.25) is 0 Å². The van der Waals surface area contributed by atoms with E-state index in [1.165, 1.54) is 58.2 Å². The first-order valence-electron chi connectivity index (χ1n) is 6.23. The maximum absolute atomic E-state index is 9.25. The summed E-state index contributed by atoms with van der Waals surface area (Å²) in [6.07, 6.45) is 8.14. The van der Waals surface area contributed by atoms with E-state index < -0.39 is 0 Å². The van der Waals surface area contributed by atoms with Crippen molar-refractivity contribution in [3.05, 3.63) is 0 Å². The number of likely N-dealkylation sites (tertiary alicyclic amines) is 1. The van der Waals surface area contributed by atoms with Gasteiger partial charge in [0.05, 0.1) is 0 Å². The normalized spacial score (nSPS) is 34.9. The van der Waals surface area contributed by atoms with Crippen molar-refractivity contribution >= 4 is 0 Å². The lowest BCUT2D eigenvalue weighted by Gasteiger charge is -2.30. The lowest BCUT2D eigenvalue weighted by atomic mass is 9.95. The first-order chi connectivity index (χ1) is 6.90. The lowest BCUT2D eigenvalue weighted by Crippen LogP contribution is -2.35. The van der Waals surface area contributed by atoms with Crippen molar-refractivity contribution in [1.82, 2.24) is 4.90 Å². The molecular weight excluding hydrogens is 174 g/mol. The Hall–Kier alpha value is -0.0800. The summed E-state index contributed by atoms with van der Waals surface area (Å²) in [7, 11) is 0. The van der Waals surface area contributed by atoms with E-state index in [0.717, 1.165) is 5.92 Å². The monoisotopic (exact) mass is 197 g/mol. The van der Waals surface area contributed by atoms with Crippen molar-refractivity contribution in [2.45, 2.75) is 38.5 Å². The number of rotatable bonds is 3. The second-order valence-corrected chi connectivity index (χ2v) is 4.99.